The largest absolute Gasteiger partial charge is 0.455 e. The molecule has 0 saturated carbocycles. The van der Waals surface area contributed by atoms with Crippen molar-refractivity contribution in [1.29, 1.82) is 0 Å². The number of thiophene rings is 1. The number of sulfone groups is 1. The van der Waals surface area contributed by atoms with Gasteiger partial charge in [0.25, 0.3) is 5.89 Å². The molecule has 6 nitrogen and oxygen atoms in total. The molecule has 0 atom stereocenters. The number of rotatable bonds is 5. The molecule has 0 aliphatic heterocycles. The number of hydrogen-bond acceptors (Lipinski definition) is 7. The van der Waals surface area contributed by atoms with E-state index in [1.165, 1.54) is 6.07 Å². The van der Waals surface area contributed by atoms with Crippen molar-refractivity contribution in [2.45, 2.75) is 16.9 Å². The summed E-state index contributed by atoms with van der Waals surface area (Å²) in [6.45, 7) is 1.99. The lowest BCUT2D eigenvalue weighted by atomic mass is 10.1. The summed E-state index contributed by atoms with van der Waals surface area (Å²) < 4.78 is 36.3. The van der Waals surface area contributed by atoms with Crippen LogP contribution in [0.3, 0.4) is 0 Å². The van der Waals surface area contributed by atoms with E-state index in [9.17, 15) is 8.42 Å². The second-order valence-corrected chi connectivity index (χ2v) is 9.80. The monoisotopic (exact) mass is 420 g/mol. The van der Waals surface area contributed by atoms with Gasteiger partial charge in [0.2, 0.25) is 5.82 Å². The molecule has 27 heavy (non-hydrogen) atoms. The number of nitrogens with zero attached hydrogens (tertiary/aromatic N) is 2. The Morgan fingerprint density at radius 1 is 1.07 bits per heavy atom. The van der Waals surface area contributed by atoms with E-state index in [2.05, 4.69) is 10.1 Å². The van der Waals surface area contributed by atoms with E-state index in [1.807, 2.05) is 31.2 Å². The van der Waals surface area contributed by atoms with E-state index < -0.39 is 9.84 Å². The predicted molar refractivity (Wildman–Crippen MR) is 102 cm³/mol. The first-order valence-corrected chi connectivity index (χ1v) is 10.7. The minimum absolute atomic E-state index is 0.188. The number of halogens is 1. The molecule has 9 heteroatoms. The highest BCUT2D eigenvalue weighted by atomic mass is 35.5. The summed E-state index contributed by atoms with van der Waals surface area (Å²) in [5, 5.41) is 3.95. The molecule has 0 spiro atoms. The highest BCUT2D eigenvalue weighted by molar-refractivity contribution is 7.92. The molecule has 4 rings (SSSR count). The second-order valence-electron chi connectivity index (χ2n) is 5.87. The zero-order valence-electron chi connectivity index (χ0n) is 14.0. The van der Waals surface area contributed by atoms with E-state index in [1.54, 1.807) is 18.2 Å². The van der Waals surface area contributed by atoms with Crippen molar-refractivity contribution in [3.05, 3.63) is 64.2 Å². The van der Waals surface area contributed by atoms with Crippen LogP contribution in [0.25, 0.3) is 23.0 Å². The maximum absolute atomic E-state index is 12.4. The molecule has 138 valence electrons. The molecule has 0 N–H and O–H groups in total. The van der Waals surface area contributed by atoms with E-state index in [-0.39, 0.29) is 21.6 Å². The molecule has 0 bridgehead atoms. The maximum Gasteiger partial charge on any atom is 0.293 e. The second kappa shape index (κ2) is 6.95. The van der Waals surface area contributed by atoms with Crippen LogP contribution in [0, 0.1) is 6.92 Å². The fourth-order valence-electron chi connectivity index (χ4n) is 2.44. The zero-order valence-corrected chi connectivity index (χ0v) is 16.4. The minimum Gasteiger partial charge on any atom is -0.455 e. The summed E-state index contributed by atoms with van der Waals surface area (Å²) in [7, 11) is -3.53. The van der Waals surface area contributed by atoms with E-state index >= 15 is 0 Å². The number of hydrogen-bond donors (Lipinski definition) is 0. The van der Waals surface area contributed by atoms with E-state index in [4.69, 9.17) is 20.5 Å². The first-order valence-electron chi connectivity index (χ1n) is 7.89. The standard InChI is InChI=1S/C18H13ClN2O4S2/c1-11-2-4-12(5-3-11)17-20-18(25-21-17)14-7-6-13(24-14)10-27(22,23)16-9-8-15(19)26-16/h2-9H,10H2,1H3. The Labute approximate surface area is 164 Å². The number of benzene rings is 1. The lowest BCUT2D eigenvalue weighted by molar-refractivity contribution is 0.413. The van der Waals surface area contributed by atoms with Gasteiger partial charge in [-0.25, -0.2) is 8.42 Å². The van der Waals surface area contributed by atoms with Gasteiger partial charge in [0.1, 0.15) is 15.7 Å². The molecule has 1 aromatic carbocycles. The molecular weight excluding hydrogens is 408 g/mol. The molecule has 3 heterocycles. The fourth-order valence-corrected chi connectivity index (χ4v) is 5.25. The van der Waals surface area contributed by atoms with Crippen LogP contribution >= 0.6 is 22.9 Å². The Morgan fingerprint density at radius 2 is 1.85 bits per heavy atom. The average Bonchev–Trinajstić information content (AvgIpc) is 3.35. The SMILES string of the molecule is Cc1ccc(-c2noc(-c3ccc(CS(=O)(=O)c4ccc(Cl)s4)o3)n2)cc1. The van der Waals surface area contributed by atoms with Crippen LogP contribution < -0.4 is 0 Å². The first-order chi connectivity index (χ1) is 12.9. The third kappa shape index (κ3) is 3.83. The van der Waals surface area contributed by atoms with Gasteiger partial charge in [0.05, 0.1) is 4.34 Å². The summed E-state index contributed by atoms with van der Waals surface area (Å²) in [5.74, 6) is 0.945. The summed E-state index contributed by atoms with van der Waals surface area (Å²) in [6, 6.07) is 13.9. The van der Waals surface area contributed by atoms with Crippen molar-refractivity contribution in [3.8, 4) is 23.0 Å². The normalized spacial score (nSPS) is 11.8. The van der Waals surface area contributed by atoms with Gasteiger partial charge in [-0.15, -0.1) is 11.3 Å². The molecule has 0 radical (unpaired) electrons. The van der Waals surface area contributed by atoms with Gasteiger partial charge in [-0.2, -0.15) is 4.98 Å². The quantitative estimate of drug-likeness (QED) is 0.452. The molecule has 0 aliphatic rings. The minimum atomic E-state index is -3.53. The molecule has 0 amide bonds. The van der Waals surface area contributed by atoms with Gasteiger partial charge >= 0.3 is 0 Å². The zero-order chi connectivity index (χ0) is 19.0. The lowest BCUT2D eigenvalue weighted by Crippen LogP contribution is -2.01. The topological polar surface area (TPSA) is 86.2 Å². The van der Waals surface area contributed by atoms with Gasteiger partial charge in [0.15, 0.2) is 15.6 Å². The van der Waals surface area contributed by atoms with Crippen molar-refractivity contribution >= 4 is 32.8 Å². The Hall–Kier alpha value is -2.42. The van der Waals surface area contributed by atoms with Crippen molar-refractivity contribution < 1.29 is 17.4 Å². The number of furan rings is 1. The first kappa shape index (κ1) is 18.0. The van der Waals surface area contributed by atoms with Gasteiger partial charge in [0, 0.05) is 5.56 Å². The van der Waals surface area contributed by atoms with E-state index in [0.29, 0.717) is 15.9 Å². The summed E-state index contributed by atoms with van der Waals surface area (Å²) in [5.41, 5.74) is 1.95. The van der Waals surface area contributed by atoms with Gasteiger partial charge in [-0.1, -0.05) is 46.6 Å². The van der Waals surface area contributed by atoms with Gasteiger partial charge < -0.3 is 8.94 Å². The lowest BCUT2D eigenvalue weighted by Gasteiger charge is -1.98. The van der Waals surface area contributed by atoms with Crippen LogP contribution in [0.4, 0.5) is 0 Å². The van der Waals surface area contributed by atoms with Gasteiger partial charge in [-0.05, 0) is 31.2 Å². The van der Waals surface area contributed by atoms with Crippen LogP contribution in [-0.2, 0) is 15.6 Å². The van der Waals surface area contributed by atoms with Crippen LogP contribution in [0.2, 0.25) is 4.34 Å². The van der Waals surface area contributed by atoms with Crippen molar-refractivity contribution in [3.63, 3.8) is 0 Å². The van der Waals surface area contributed by atoms with Crippen LogP contribution in [0.1, 0.15) is 11.3 Å². The average molecular weight is 421 g/mol. The van der Waals surface area contributed by atoms with Crippen LogP contribution in [-0.4, -0.2) is 18.6 Å². The molecule has 0 aliphatic carbocycles. The van der Waals surface area contributed by atoms with Crippen molar-refractivity contribution in [2.24, 2.45) is 0 Å². The smallest absolute Gasteiger partial charge is 0.293 e. The van der Waals surface area contributed by atoms with Crippen molar-refractivity contribution in [1.82, 2.24) is 10.1 Å². The number of aromatic nitrogens is 2. The fraction of sp³-hybridized carbons (Fsp3) is 0.111. The highest BCUT2D eigenvalue weighted by Crippen LogP contribution is 2.30. The highest BCUT2D eigenvalue weighted by Gasteiger charge is 2.21. The summed E-state index contributed by atoms with van der Waals surface area (Å²) >= 11 is 6.83. The third-order valence-electron chi connectivity index (χ3n) is 3.80. The molecule has 0 unspecified atom stereocenters. The molecule has 3 aromatic heterocycles. The Kier molecular flexibility index (Phi) is 4.63. The molecule has 4 aromatic rings. The number of aryl methyl sites for hydroxylation is 1. The Morgan fingerprint density at radius 3 is 2.56 bits per heavy atom. The van der Waals surface area contributed by atoms with Gasteiger partial charge in [-0.3, -0.25) is 0 Å². The Balaban J connectivity index is 1.55. The predicted octanol–water partition coefficient (Wildman–Crippen LogP) is 4.99. The Bertz CT molecular complexity index is 1190. The summed E-state index contributed by atoms with van der Waals surface area (Å²) in [4.78, 5) is 4.32. The summed E-state index contributed by atoms with van der Waals surface area (Å²) in [6.07, 6.45) is 0. The molecular formula is C18H13ClN2O4S2. The maximum atomic E-state index is 12.4. The van der Waals surface area contributed by atoms with Crippen LogP contribution in [0.5, 0.6) is 0 Å². The van der Waals surface area contributed by atoms with E-state index in [0.717, 1.165) is 22.5 Å². The molecule has 0 saturated heterocycles. The van der Waals surface area contributed by atoms with Crippen LogP contribution in [0.15, 0.2) is 61.7 Å². The molecule has 0 fully saturated rings. The van der Waals surface area contributed by atoms with Crippen molar-refractivity contribution in [2.75, 3.05) is 0 Å². The third-order valence-corrected chi connectivity index (χ3v) is 7.25.